The smallest absolute Gasteiger partial charge is 0.175 e. The van der Waals surface area contributed by atoms with Crippen LogP contribution in [0.1, 0.15) is 24.4 Å². The topological polar surface area (TPSA) is 89.8 Å². The Labute approximate surface area is 117 Å². The molecule has 8 heteroatoms. The highest BCUT2D eigenvalue weighted by molar-refractivity contribution is 7.90. The number of nitrogens with one attached hydrogen (secondary N) is 1. The van der Waals surface area contributed by atoms with Gasteiger partial charge in [0.05, 0.1) is 17.5 Å². The fourth-order valence-electron chi connectivity index (χ4n) is 1.78. The van der Waals surface area contributed by atoms with Crippen LogP contribution in [0, 0.1) is 0 Å². The van der Waals surface area contributed by atoms with Gasteiger partial charge >= 0.3 is 0 Å². The van der Waals surface area contributed by atoms with Crippen molar-refractivity contribution in [3.63, 3.8) is 0 Å². The first-order valence-electron chi connectivity index (χ1n) is 6.14. The minimum Gasteiger partial charge on any atom is -0.311 e. The van der Waals surface area contributed by atoms with Gasteiger partial charge in [0.2, 0.25) is 0 Å². The second-order valence-electron chi connectivity index (χ2n) is 4.62. The van der Waals surface area contributed by atoms with E-state index < -0.39 is 9.84 Å². The Hall–Kier alpha value is -1.80. The Morgan fingerprint density at radius 1 is 1.30 bits per heavy atom. The molecule has 0 spiro atoms. The highest BCUT2D eigenvalue weighted by atomic mass is 32.2. The Bertz CT molecular complexity index is 678. The third-order valence-corrected chi connectivity index (χ3v) is 4.19. The molecule has 0 fully saturated rings. The van der Waals surface area contributed by atoms with Gasteiger partial charge in [0.15, 0.2) is 15.7 Å². The third-order valence-electron chi connectivity index (χ3n) is 3.06. The lowest BCUT2D eigenvalue weighted by molar-refractivity contribution is 0.540. The molecule has 1 N–H and O–H groups in total. The van der Waals surface area contributed by atoms with Crippen LogP contribution in [0.5, 0.6) is 0 Å². The first kappa shape index (κ1) is 14.6. The normalized spacial score (nSPS) is 13.3. The first-order chi connectivity index (χ1) is 9.41. The van der Waals surface area contributed by atoms with Gasteiger partial charge < -0.3 is 5.32 Å². The minimum atomic E-state index is -3.16. The van der Waals surface area contributed by atoms with Gasteiger partial charge in [0, 0.05) is 6.26 Å². The maximum atomic E-state index is 11.4. The summed E-state index contributed by atoms with van der Waals surface area (Å²) in [6, 6.07) is 6.77. The Morgan fingerprint density at radius 3 is 2.50 bits per heavy atom. The summed E-state index contributed by atoms with van der Waals surface area (Å²) in [6.07, 6.45) is 1.19. The Kier molecular flexibility index (Phi) is 4.15. The van der Waals surface area contributed by atoms with Crippen molar-refractivity contribution in [1.29, 1.82) is 0 Å². The molecule has 0 aliphatic heterocycles. The van der Waals surface area contributed by atoms with Crippen molar-refractivity contribution in [2.24, 2.45) is 0 Å². The maximum absolute atomic E-state index is 11.4. The van der Waals surface area contributed by atoms with Crippen LogP contribution in [0.2, 0.25) is 0 Å². The molecule has 7 nitrogen and oxygen atoms in total. The van der Waals surface area contributed by atoms with E-state index in [4.69, 9.17) is 0 Å². The van der Waals surface area contributed by atoms with Gasteiger partial charge in [-0.3, -0.25) is 0 Å². The zero-order valence-electron chi connectivity index (χ0n) is 11.6. The minimum absolute atomic E-state index is 0.0419. The van der Waals surface area contributed by atoms with E-state index >= 15 is 0 Å². The van der Waals surface area contributed by atoms with Crippen LogP contribution in [0.15, 0.2) is 29.2 Å². The standard InChI is InChI=1S/C12H17N5O2S/c1-9(13-2)12-14-15-16-17(12)8-10-4-6-11(7-5-10)20(3,18)19/h4-7,9,13H,8H2,1-3H3. The molecule has 0 bridgehead atoms. The van der Waals surface area contributed by atoms with E-state index in [2.05, 4.69) is 20.8 Å². The summed E-state index contributed by atoms with van der Waals surface area (Å²) in [5.74, 6) is 0.736. The third kappa shape index (κ3) is 3.20. The monoisotopic (exact) mass is 295 g/mol. The summed E-state index contributed by atoms with van der Waals surface area (Å²) in [5.41, 5.74) is 0.939. The number of tetrazole rings is 1. The molecule has 1 aromatic carbocycles. The van der Waals surface area contributed by atoms with Gasteiger partial charge in [-0.05, 0) is 42.1 Å². The molecule has 2 rings (SSSR count). The first-order valence-corrected chi connectivity index (χ1v) is 8.03. The van der Waals surface area contributed by atoms with E-state index in [0.717, 1.165) is 11.4 Å². The quantitative estimate of drug-likeness (QED) is 0.859. The van der Waals surface area contributed by atoms with Gasteiger partial charge in [0.1, 0.15) is 0 Å². The van der Waals surface area contributed by atoms with Crippen molar-refractivity contribution in [1.82, 2.24) is 25.5 Å². The molecular formula is C12H17N5O2S. The summed E-state index contributed by atoms with van der Waals surface area (Å²) in [6.45, 7) is 2.47. The van der Waals surface area contributed by atoms with E-state index in [1.54, 1.807) is 28.9 Å². The fraction of sp³-hybridized carbons (Fsp3) is 0.417. The van der Waals surface area contributed by atoms with Gasteiger partial charge in [0.25, 0.3) is 0 Å². The second-order valence-corrected chi connectivity index (χ2v) is 6.64. The van der Waals surface area contributed by atoms with Gasteiger partial charge in [-0.2, -0.15) is 0 Å². The van der Waals surface area contributed by atoms with Crippen LogP contribution in [0.4, 0.5) is 0 Å². The van der Waals surface area contributed by atoms with Gasteiger partial charge in [-0.15, -0.1) is 5.10 Å². The molecule has 20 heavy (non-hydrogen) atoms. The van der Waals surface area contributed by atoms with Crippen LogP contribution in [-0.2, 0) is 16.4 Å². The predicted octanol–water partition coefficient (Wildman–Crippen LogP) is 0.405. The summed E-state index contributed by atoms with van der Waals surface area (Å²) >= 11 is 0. The molecule has 0 aliphatic rings. The number of hydrogen-bond acceptors (Lipinski definition) is 6. The molecule has 0 saturated carbocycles. The summed E-state index contributed by atoms with van der Waals surface area (Å²) in [5, 5.41) is 14.7. The van der Waals surface area contributed by atoms with Crippen LogP contribution in [-0.4, -0.2) is 41.9 Å². The number of sulfone groups is 1. The summed E-state index contributed by atoms with van der Waals surface area (Å²) in [4.78, 5) is 0.307. The molecule has 1 heterocycles. The lowest BCUT2D eigenvalue weighted by atomic mass is 10.2. The van der Waals surface area contributed by atoms with Crippen LogP contribution in [0.25, 0.3) is 0 Å². The number of nitrogens with zero attached hydrogens (tertiary/aromatic N) is 4. The van der Waals surface area contributed by atoms with Gasteiger partial charge in [-0.1, -0.05) is 12.1 Å². The van der Waals surface area contributed by atoms with Crippen molar-refractivity contribution < 1.29 is 8.42 Å². The Balaban J connectivity index is 2.21. The van der Waals surface area contributed by atoms with Gasteiger partial charge in [-0.25, -0.2) is 13.1 Å². The Morgan fingerprint density at radius 2 is 1.95 bits per heavy atom. The maximum Gasteiger partial charge on any atom is 0.175 e. The van der Waals surface area contributed by atoms with Crippen molar-refractivity contribution in [2.75, 3.05) is 13.3 Å². The molecule has 0 radical (unpaired) electrons. The van der Waals surface area contributed by atoms with Crippen LogP contribution < -0.4 is 5.32 Å². The van der Waals surface area contributed by atoms with E-state index in [0.29, 0.717) is 11.4 Å². The fourth-order valence-corrected chi connectivity index (χ4v) is 2.41. The van der Waals surface area contributed by atoms with Crippen LogP contribution in [0.3, 0.4) is 0 Å². The number of hydrogen-bond donors (Lipinski definition) is 1. The van der Waals surface area contributed by atoms with Crippen molar-refractivity contribution in [3.8, 4) is 0 Å². The second kappa shape index (κ2) is 5.68. The summed E-state index contributed by atoms with van der Waals surface area (Å²) < 4.78 is 24.5. The average molecular weight is 295 g/mol. The van der Waals surface area contributed by atoms with Crippen molar-refractivity contribution >= 4 is 9.84 Å². The largest absolute Gasteiger partial charge is 0.311 e. The lowest BCUT2D eigenvalue weighted by Crippen LogP contribution is -2.19. The van der Waals surface area contributed by atoms with E-state index in [-0.39, 0.29) is 6.04 Å². The summed E-state index contributed by atoms with van der Waals surface area (Å²) in [7, 11) is -1.33. The predicted molar refractivity (Wildman–Crippen MR) is 73.9 cm³/mol. The zero-order valence-corrected chi connectivity index (χ0v) is 12.4. The SMILES string of the molecule is CNC(C)c1nnnn1Cc1ccc(S(C)(=O)=O)cc1. The number of benzene rings is 1. The van der Waals surface area contributed by atoms with Crippen molar-refractivity contribution in [3.05, 3.63) is 35.7 Å². The molecule has 1 aromatic heterocycles. The zero-order chi connectivity index (χ0) is 14.8. The van der Waals surface area contributed by atoms with E-state index in [1.165, 1.54) is 6.26 Å². The highest BCUT2D eigenvalue weighted by Crippen LogP contribution is 2.13. The van der Waals surface area contributed by atoms with E-state index in [9.17, 15) is 8.42 Å². The molecule has 108 valence electrons. The molecule has 0 amide bonds. The van der Waals surface area contributed by atoms with E-state index in [1.807, 2.05) is 14.0 Å². The van der Waals surface area contributed by atoms with Crippen LogP contribution >= 0.6 is 0 Å². The molecule has 2 aromatic rings. The molecule has 1 atom stereocenters. The van der Waals surface area contributed by atoms with Crippen molar-refractivity contribution in [2.45, 2.75) is 24.4 Å². The number of rotatable bonds is 5. The molecular weight excluding hydrogens is 278 g/mol. The molecule has 0 saturated heterocycles. The molecule has 1 unspecified atom stereocenters. The highest BCUT2D eigenvalue weighted by Gasteiger charge is 2.13. The molecule has 0 aliphatic carbocycles. The average Bonchev–Trinajstić information content (AvgIpc) is 2.85. The lowest BCUT2D eigenvalue weighted by Gasteiger charge is -2.10. The number of aromatic nitrogens is 4.